The van der Waals surface area contributed by atoms with Crippen LogP contribution in [-0.2, 0) is 19.5 Å². The van der Waals surface area contributed by atoms with Gasteiger partial charge in [-0.1, -0.05) is 6.07 Å². The zero-order valence-electron chi connectivity index (χ0n) is 14.4. The van der Waals surface area contributed by atoms with Gasteiger partial charge in [-0.05, 0) is 30.7 Å². The van der Waals surface area contributed by atoms with Crippen LogP contribution in [0, 0.1) is 6.92 Å². The van der Waals surface area contributed by atoms with E-state index in [0.29, 0.717) is 11.3 Å². The molecule has 1 heterocycles. The summed E-state index contributed by atoms with van der Waals surface area (Å²) in [6.45, 7) is 1.40. The average Bonchev–Trinajstić information content (AvgIpc) is 2.98. The monoisotopic (exact) mass is 413 g/mol. The first-order valence-corrected chi connectivity index (χ1v) is 9.58. The van der Waals surface area contributed by atoms with E-state index in [0.717, 1.165) is 20.3 Å². The molecule has 0 aliphatic rings. The molecule has 0 aliphatic heterocycles. The van der Waals surface area contributed by atoms with Crippen LogP contribution in [0.2, 0.25) is 0 Å². The van der Waals surface area contributed by atoms with Crippen molar-refractivity contribution in [2.75, 3.05) is 18.9 Å². The van der Waals surface area contributed by atoms with Crippen molar-refractivity contribution in [3.05, 3.63) is 45.8 Å². The second kappa shape index (κ2) is 7.76. The van der Waals surface area contributed by atoms with Gasteiger partial charge in [0, 0.05) is 5.69 Å². The quantitative estimate of drug-likeness (QED) is 0.687. The molecule has 2 N–H and O–H groups in total. The van der Waals surface area contributed by atoms with Crippen LogP contribution in [0.4, 0.5) is 5.69 Å². The van der Waals surface area contributed by atoms with Gasteiger partial charge in [-0.25, -0.2) is 22.8 Å². The molecular formula is C16H15NO8S2. The summed E-state index contributed by atoms with van der Waals surface area (Å²) < 4.78 is 36.6. The van der Waals surface area contributed by atoms with E-state index in [1.807, 2.05) is 0 Å². The number of anilines is 1. The molecule has 0 saturated heterocycles. The van der Waals surface area contributed by atoms with Crippen LogP contribution in [0.1, 0.15) is 36.0 Å². The Balaban J connectivity index is 2.58. The fourth-order valence-corrected chi connectivity index (χ4v) is 5.01. The maximum absolute atomic E-state index is 12.8. The van der Waals surface area contributed by atoms with E-state index in [-0.39, 0.29) is 27.3 Å². The zero-order valence-corrected chi connectivity index (χ0v) is 16.1. The number of carbonyl (C=O) groups is 3. The maximum Gasteiger partial charge on any atom is 0.348 e. The van der Waals surface area contributed by atoms with E-state index in [1.54, 1.807) is 0 Å². The Morgan fingerprint density at radius 1 is 1.11 bits per heavy atom. The standard InChI is InChI=1S/C16H15NO8S2/c1-8-11(14(20)24-2)16(26-12(8)15(21)25-3)27(22,23)17-10-6-4-5-9(7-10)13(18)19/h4-7,17H,1-3H3,(H,18,19). The number of carbonyl (C=O) groups excluding carboxylic acids is 2. The molecule has 144 valence electrons. The molecule has 0 spiro atoms. The van der Waals surface area contributed by atoms with E-state index in [4.69, 9.17) is 5.11 Å². The number of aromatic carboxylic acids is 1. The van der Waals surface area contributed by atoms with E-state index in [1.165, 1.54) is 25.1 Å². The van der Waals surface area contributed by atoms with Gasteiger partial charge >= 0.3 is 17.9 Å². The molecule has 0 radical (unpaired) electrons. The first kappa shape index (κ1) is 20.4. The number of sulfonamides is 1. The molecule has 1 aromatic heterocycles. The average molecular weight is 413 g/mol. The molecule has 0 saturated carbocycles. The first-order chi connectivity index (χ1) is 12.6. The molecule has 0 bridgehead atoms. The molecule has 9 nitrogen and oxygen atoms in total. The maximum atomic E-state index is 12.8. The zero-order chi connectivity index (χ0) is 20.4. The second-order valence-corrected chi connectivity index (χ2v) is 8.09. The van der Waals surface area contributed by atoms with Crippen LogP contribution in [0.25, 0.3) is 0 Å². The third-order valence-corrected chi connectivity index (χ3v) is 6.65. The first-order valence-electron chi connectivity index (χ1n) is 7.28. The Morgan fingerprint density at radius 2 is 1.74 bits per heavy atom. The SMILES string of the molecule is COC(=O)c1sc(S(=O)(=O)Nc2cccc(C(=O)O)c2)c(C(=O)OC)c1C. The number of ether oxygens (including phenoxy) is 2. The highest BCUT2D eigenvalue weighted by atomic mass is 32.2. The largest absolute Gasteiger partial charge is 0.478 e. The Morgan fingerprint density at radius 3 is 2.30 bits per heavy atom. The highest BCUT2D eigenvalue weighted by Gasteiger charge is 2.32. The Hall–Kier alpha value is -2.92. The van der Waals surface area contributed by atoms with Crippen molar-refractivity contribution in [3.63, 3.8) is 0 Å². The van der Waals surface area contributed by atoms with E-state index in [2.05, 4.69) is 14.2 Å². The van der Waals surface area contributed by atoms with Crippen LogP contribution in [0.5, 0.6) is 0 Å². The minimum atomic E-state index is -4.32. The fraction of sp³-hybridized carbons (Fsp3) is 0.188. The third kappa shape index (κ3) is 4.09. The molecule has 2 rings (SSSR count). The van der Waals surface area contributed by atoms with E-state index >= 15 is 0 Å². The number of benzene rings is 1. The number of carboxylic acids is 1. The summed E-state index contributed by atoms with van der Waals surface area (Å²) in [5, 5.41) is 9.01. The molecule has 1 aromatic carbocycles. The van der Waals surface area contributed by atoms with Gasteiger partial charge in [0.05, 0.1) is 25.3 Å². The van der Waals surface area contributed by atoms with Crippen molar-refractivity contribution in [1.82, 2.24) is 0 Å². The molecule has 2 aromatic rings. The van der Waals surface area contributed by atoms with E-state index in [9.17, 15) is 22.8 Å². The number of methoxy groups -OCH3 is 2. The van der Waals surface area contributed by atoms with Crippen molar-refractivity contribution in [2.24, 2.45) is 0 Å². The highest BCUT2D eigenvalue weighted by Crippen LogP contribution is 2.34. The van der Waals surface area contributed by atoms with Gasteiger partial charge in [-0.15, -0.1) is 11.3 Å². The van der Waals surface area contributed by atoms with Crippen molar-refractivity contribution in [1.29, 1.82) is 0 Å². The molecular weight excluding hydrogens is 398 g/mol. The van der Waals surface area contributed by atoms with Gasteiger partial charge in [0.1, 0.15) is 4.88 Å². The summed E-state index contributed by atoms with van der Waals surface area (Å²) in [6.07, 6.45) is 0. The number of hydrogen-bond acceptors (Lipinski definition) is 8. The number of esters is 2. The topological polar surface area (TPSA) is 136 Å². The van der Waals surface area contributed by atoms with Gasteiger partial charge in [-0.3, -0.25) is 4.72 Å². The van der Waals surface area contributed by atoms with Crippen LogP contribution < -0.4 is 4.72 Å². The molecule has 27 heavy (non-hydrogen) atoms. The normalized spacial score (nSPS) is 10.9. The van der Waals surface area contributed by atoms with Crippen LogP contribution in [0.3, 0.4) is 0 Å². The minimum absolute atomic E-state index is 0.0172. The predicted octanol–water partition coefficient (Wildman–Crippen LogP) is 2.13. The Bertz CT molecular complexity index is 1020. The molecule has 0 atom stereocenters. The molecule has 0 unspecified atom stereocenters. The molecule has 0 amide bonds. The van der Waals surface area contributed by atoms with Crippen LogP contribution in [0.15, 0.2) is 28.5 Å². The lowest BCUT2D eigenvalue weighted by Crippen LogP contribution is -2.16. The number of carboxylic acid groups (broad SMARTS) is 1. The minimum Gasteiger partial charge on any atom is -0.478 e. The van der Waals surface area contributed by atoms with Crippen molar-refractivity contribution in [3.8, 4) is 0 Å². The number of hydrogen-bond donors (Lipinski definition) is 2. The summed E-state index contributed by atoms with van der Waals surface area (Å²) in [5.41, 5.74) is -0.319. The van der Waals surface area contributed by atoms with Crippen molar-refractivity contribution < 1.29 is 37.4 Å². The summed E-state index contributed by atoms with van der Waals surface area (Å²) in [5.74, 6) is -2.96. The van der Waals surface area contributed by atoms with Crippen molar-refractivity contribution >= 4 is 45.0 Å². The number of rotatable bonds is 6. The molecule has 0 aliphatic carbocycles. The van der Waals surface area contributed by atoms with Gasteiger partial charge in [0.15, 0.2) is 4.21 Å². The van der Waals surface area contributed by atoms with Crippen LogP contribution in [-0.4, -0.2) is 45.7 Å². The Labute approximate surface area is 158 Å². The predicted molar refractivity (Wildman–Crippen MR) is 95.9 cm³/mol. The summed E-state index contributed by atoms with van der Waals surface area (Å²) in [6, 6.07) is 5.13. The highest BCUT2D eigenvalue weighted by molar-refractivity contribution is 7.94. The lowest BCUT2D eigenvalue weighted by Gasteiger charge is -2.09. The third-order valence-electron chi connectivity index (χ3n) is 3.48. The molecule has 0 fully saturated rings. The lowest BCUT2D eigenvalue weighted by molar-refractivity contribution is 0.0595. The fourth-order valence-electron chi connectivity index (χ4n) is 2.22. The van der Waals surface area contributed by atoms with Gasteiger partial charge < -0.3 is 14.6 Å². The van der Waals surface area contributed by atoms with Gasteiger partial charge in [0.25, 0.3) is 10.0 Å². The lowest BCUT2D eigenvalue weighted by atomic mass is 10.2. The second-order valence-electron chi connectivity index (χ2n) is 5.19. The summed E-state index contributed by atoms with van der Waals surface area (Å²) in [4.78, 5) is 34.9. The smallest absolute Gasteiger partial charge is 0.348 e. The van der Waals surface area contributed by atoms with Crippen molar-refractivity contribution in [2.45, 2.75) is 11.1 Å². The summed E-state index contributed by atoms with van der Waals surface area (Å²) >= 11 is 0.557. The van der Waals surface area contributed by atoms with Crippen LogP contribution >= 0.6 is 11.3 Å². The Kier molecular flexibility index (Phi) is 5.86. The van der Waals surface area contributed by atoms with Gasteiger partial charge in [0.2, 0.25) is 0 Å². The molecule has 11 heteroatoms. The van der Waals surface area contributed by atoms with E-state index < -0.39 is 32.1 Å². The number of nitrogens with one attached hydrogen (secondary N) is 1. The number of thiophene rings is 1. The summed E-state index contributed by atoms with van der Waals surface area (Å²) in [7, 11) is -2.11. The van der Waals surface area contributed by atoms with Gasteiger partial charge in [-0.2, -0.15) is 0 Å².